The highest BCUT2D eigenvalue weighted by molar-refractivity contribution is 7.53. The van der Waals surface area contributed by atoms with E-state index in [4.69, 9.17) is 55.5 Å². The first kappa shape index (κ1) is 16.3. The lowest BCUT2D eigenvalue weighted by Gasteiger charge is -2.22. The molecule has 0 aliphatic heterocycles. The van der Waals surface area contributed by atoms with Gasteiger partial charge in [-0.05, 0) is 0 Å². The van der Waals surface area contributed by atoms with Crippen LogP contribution < -0.4 is 0 Å². The Hall–Kier alpha value is 1.31. The summed E-state index contributed by atoms with van der Waals surface area (Å²) in [5.41, 5.74) is 0. The van der Waals surface area contributed by atoms with Crippen LogP contribution in [-0.4, -0.2) is 42.4 Å². The molecule has 0 amide bonds. The third kappa shape index (κ3) is 7.27. The molecule has 0 saturated carbocycles. The van der Waals surface area contributed by atoms with Crippen LogP contribution in [0.3, 0.4) is 0 Å². The molecule has 15 heavy (non-hydrogen) atoms. The van der Waals surface area contributed by atoms with Crippen molar-refractivity contribution in [2.24, 2.45) is 0 Å². The highest BCUT2D eigenvalue weighted by atomic mass is 35.5. The lowest BCUT2D eigenvalue weighted by atomic mass is 10.5. The second-order valence-electron chi connectivity index (χ2n) is 2.84. The summed E-state index contributed by atoms with van der Waals surface area (Å²) in [5.74, 6) is 0.600. The van der Waals surface area contributed by atoms with Gasteiger partial charge in [-0.1, -0.05) is 0 Å². The fraction of sp³-hybridized carbons (Fsp3) is 1.00. The van der Waals surface area contributed by atoms with E-state index in [1.165, 1.54) is 6.66 Å². The van der Waals surface area contributed by atoms with Gasteiger partial charge in [-0.15, -0.1) is 46.4 Å². The molecule has 0 heterocycles. The fourth-order valence-corrected chi connectivity index (χ4v) is 3.46. The number of halogens is 4. The van der Waals surface area contributed by atoms with Gasteiger partial charge in [0.1, 0.15) is 0 Å². The van der Waals surface area contributed by atoms with Crippen molar-refractivity contribution in [2.75, 3.05) is 30.2 Å². The normalized spacial score (nSPS) is 12.7. The molecule has 0 rings (SSSR count). The van der Waals surface area contributed by atoms with E-state index in [0.29, 0.717) is 0 Å². The lowest BCUT2D eigenvalue weighted by molar-refractivity contribution is 0.151. The predicted molar refractivity (Wildman–Crippen MR) is 66.2 cm³/mol. The summed E-state index contributed by atoms with van der Waals surface area (Å²) in [7, 11) is -3.21. The molecule has 92 valence electrons. The van der Waals surface area contributed by atoms with Crippen LogP contribution in [0.2, 0.25) is 0 Å². The second kappa shape index (κ2) is 8.41. The van der Waals surface area contributed by atoms with E-state index in [0.717, 1.165) is 0 Å². The largest absolute Gasteiger partial charge is 0.328 e. The summed E-state index contributed by atoms with van der Waals surface area (Å²) >= 11 is 22.2. The standard InChI is InChI=1S/C7H13Cl4O3P/c1-15(12,13-6(2-8)3-9)14-7(4-10)5-11/h6-7H,2-5H2,1H3. The van der Waals surface area contributed by atoms with E-state index >= 15 is 0 Å². The summed E-state index contributed by atoms with van der Waals surface area (Å²) < 4.78 is 22.0. The zero-order valence-electron chi connectivity index (χ0n) is 8.17. The van der Waals surface area contributed by atoms with E-state index in [1.807, 2.05) is 0 Å². The van der Waals surface area contributed by atoms with Crippen molar-refractivity contribution in [1.82, 2.24) is 0 Å². The molecule has 0 N–H and O–H groups in total. The molecule has 0 aromatic rings. The Balaban J connectivity index is 4.21. The monoisotopic (exact) mass is 316 g/mol. The van der Waals surface area contributed by atoms with Gasteiger partial charge in [0.15, 0.2) is 0 Å². The summed E-state index contributed by atoms with van der Waals surface area (Å²) in [6.45, 7) is 1.34. The van der Waals surface area contributed by atoms with Crippen molar-refractivity contribution in [3.8, 4) is 0 Å². The van der Waals surface area contributed by atoms with Gasteiger partial charge >= 0.3 is 7.60 Å². The predicted octanol–water partition coefficient (Wildman–Crippen LogP) is 3.53. The smallest absolute Gasteiger partial charge is 0.303 e. The summed E-state index contributed by atoms with van der Waals surface area (Å²) in [4.78, 5) is 0. The highest BCUT2D eigenvalue weighted by Gasteiger charge is 2.26. The highest BCUT2D eigenvalue weighted by Crippen LogP contribution is 2.47. The quantitative estimate of drug-likeness (QED) is 0.507. The number of rotatable bonds is 8. The molecular weight excluding hydrogens is 305 g/mol. The third-order valence-corrected chi connectivity index (χ3v) is 4.11. The summed E-state index contributed by atoms with van der Waals surface area (Å²) in [6.07, 6.45) is -1.01. The van der Waals surface area contributed by atoms with Crippen LogP contribution in [0.15, 0.2) is 0 Å². The number of hydrogen-bond donors (Lipinski definition) is 0. The van der Waals surface area contributed by atoms with E-state index in [1.54, 1.807) is 0 Å². The SMILES string of the molecule is CP(=O)(OC(CCl)CCl)OC(CCl)CCl. The van der Waals surface area contributed by atoms with Gasteiger partial charge in [0.25, 0.3) is 0 Å². The topological polar surface area (TPSA) is 35.5 Å². The van der Waals surface area contributed by atoms with Crippen LogP contribution in [-0.2, 0) is 13.6 Å². The third-order valence-electron chi connectivity index (χ3n) is 1.37. The molecule has 0 saturated heterocycles. The van der Waals surface area contributed by atoms with Crippen LogP contribution in [0.5, 0.6) is 0 Å². The molecule has 0 aliphatic carbocycles. The molecule has 0 fully saturated rings. The molecule has 0 aromatic heterocycles. The Kier molecular flexibility index (Phi) is 9.14. The van der Waals surface area contributed by atoms with Crippen molar-refractivity contribution >= 4 is 54.0 Å². The zero-order valence-corrected chi connectivity index (χ0v) is 12.1. The van der Waals surface area contributed by atoms with Gasteiger partial charge in [-0.25, -0.2) is 0 Å². The Morgan fingerprint density at radius 1 is 0.933 bits per heavy atom. The Morgan fingerprint density at radius 3 is 1.40 bits per heavy atom. The first-order valence-electron chi connectivity index (χ1n) is 4.17. The van der Waals surface area contributed by atoms with Gasteiger partial charge in [0, 0.05) is 6.66 Å². The molecule has 3 nitrogen and oxygen atoms in total. The number of alkyl halides is 4. The Bertz CT molecular complexity index is 190. The zero-order chi connectivity index (χ0) is 11.9. The van der Waals surface area contributed by atoms with Gasteiger partial charge < -0.3 is 9.05 Å². The molecule has 0 unspecified atom stereocenters. The summed E-state index contributed by atoms with van der Waals surface area (Å²) in [6, 6.07) is 0. The Morgan fingerprint density at radius 2 is 1.20 bits per heavy atom. The van der Waals surface area contributed by atoms with E-state index in [9.17, 15) is 4.57 Å². The maximum atomic E-state index is 11.8. The van der Waals surface area contributed by atoms with E-state index in [-0.39, 0.29) is 23.5 Å². The lowest BCUT2D eigenvalue weighted by Crippen LogP contribution is -2.20. The van der Waals surface area contributed by atoms with Gasteiger partial charge in [-0.3, -0.25) is 4.57 Å². The van der Waals surface area contributed by atoms with Crippen LogP contribution in [0.1, 0.15) is 0 Å². The van der Waals surface area contributed by atoms with Crippen LogP contribution >= 0.6 is 54.0 Å². The fourth-order valence-electron chi connectivity index (χ4n) is 0.762. The molecular formula is C7H13Cl4O3P. The Labute approximate surface area is 110 Å². The molecule has 0 atom stereocenters. The van der Waals surface area contributed by atoms with Gasteiger partial charge in [-0.2, -0.15) is 0 Å². The van der Waals surface area contributed by atoms with Crippen molar-refractivity contribution in [2.45, 2.75) is 12.2 Å². The second-order valence-corrected chi connectivity index (χ2v) is 6.04. The molecule has 0 aliphatic rings. The van der Waals surface area contributed by atoms with Crippen molar-refractivity contribution in [3.05, 3.63) is 0 Å². The van der Waals surface area contributed by atoms with Crippen LogP contribution in [0, 0.1) is 0 Å². The minimum atomic E-state index is -3.21. The number of hydrogen-bond acceptors (Lipinski definition) is 3. The molecule has 8 heteroatoms. The van der Waals surface area contributed by atoms with E-state index < -0.39 is 19.8 Å². The van der Waals surface area contributed by atoms with Crippen molar-refractivity contribution in [3.63, 3.8) is 0 Å². The first-order chi connectivity index (χ1) is 6.99. The van der Waals surface area contributed by atoms with Crippen LogP contribution in [0.25, 0.3) is 0 Å². The molecule has 0 bridgehead atoms. The summed E-state index contributed by atoms with van der Waals surface area (Å²) in [5, 5.41) is 0. The maximum absolute atomic E-state index is 11.8. The first-order valence-corrected chi connectivity index (χ1v) is 8.30. The van der Waals surface area contributed by atoms with Crippen molar-refractivity contribution in [1.29, 1.82) is 0 Å². The average Bonchev–Trinajstić information content (AvgIpc) is 2.22. The maximum Gasteiger partial charge on any atom is 0.328 e. The van der Waals surface area contributed by atoms with Gasteiger partial charge in [0.05, 0.1) is 35.7 Å². The molecule has 0 spiro atoms. The van der Waals surface area contributed by atoms with Crippen LogP contribution in [0.4, 0.5) is 0 Å². The van der Waals surface area contributed by atoms with Crippen molar-refractivity contribution < 1.29 is 13.6 Å². The average molecular weight is 318 g/mol. The molecule has 0 aromatic carbocycles. The minimum absolute atomic E-state index is 0.150. The molecule has 0 radical (unpaired) electrons. The van der Waals surface area contributed by atoms with Gasteiger partial charge in [0.2, 0.25) is 0 Å². The van der Waals surface area contributed by atoms with E-state index in [2.05, 4.69) is 0 Å². The minimum Gasteiger partial charge on any atom is -0.303 e.